The van der Waals surface area contributed by atoms with Crippen LogP contribution in [0.3, 0.4) is 0 Å². The van der Waals surface area contributed by atoms with Gasteiger partial charge >= 0.3 is 0 Å². The highest BCUT2D eigenvalue weighted by Crippen LogP contribution is 2.24. The molecule has 1 aliphatic heterocycles. The van der Waals surface area contributed by atoms with Crippen LogP contribution in [0.5, 0.6) is 0 Å². The van der Waals surface area contributed by atoms with Gasteiger partial charge in [0.25, 0.3) is 0 Å². The van der Waals surface area contributed by atoms with E-state index in [9.17, 15) is 0 Å². The molecule has 0 radical (unpaired) electrons. The molecule has 1 aromatic rings. The van der Waals surface area contributed by atoms with Crippen LogP contribution in [0.1, 0.15) is 11.8 Å². The van der Waals surface area contributed by atoms with Crippen molar-refractivity contribution in [1.29, 1.82) is 0 Å². The van der Waals surface area contributed by atoms with Crippen molar-refractivity contribution in [2.75, 3.05) is 19.6 Å². The predicted octanol–water partition coefficient (Wildman–Crippen LogP) is 2.20. The Hall–Kier alpha value is -0.0900. The molecule has 0 aliphatic carbocycles. The van der Waals surface area contributed by atoms with Crippen LogP contribution in [-0.2, 0) is 6.54 Å². The van der Waals surface area contributed by atoms with Gasteiger partial charge in [0.1, 0.15) is 0 Å². The predicted molar refractivity (Wildman–Crippen MR) is 62.1 cm³/mol. The van der Waals surface area contributed by atoms with Gasteiger partial charge in [-0.25, -0.2) is 0 Å². The number of halogens is 1. The zero-order chi connectivity index (χ0) is 9.97. The second-order valence-corrected chi connectivity index (χ2v) is 5.12. The van der Waals surface area contributed by atoms with Crippen molar-refractivity contribution in [3.05, 3.63) is 21.3 Å². The fourth-order valence-electron chi connectivity index (χ4n) is 1.74. The summed E-state index contributed by atoms with van der Waals surface area (Å²) in [5.41, 5.74) is 0. The van der Waals surface area contributed by atoms with E-state index in [-0.39, 0.29) is 0 Å². The smallest absolute Gasteiger partial charge is 0.0558 e. The topological polar surface area (TPSA) is 15.3 Å². The summed E-state index contributed by atoms with van der Waals surface area (Å²) >= 11 is 7.83. The molecular weight excluding hydrogens is 216 g/mol. The minimum Gasteiger partial charge on any atom is -0.314 e. The van der Waals surface area contributed by atoms with Crippen molar-refractivity contribution < 1.29 is 0 Å². The fourth-order valence-corrected chi connectivity index (χ4v) is 2.86. The largest absolute Gasteiger partial charge is 0.314 e. The number of nitrogens with one attached hydrogen (secondary N) is 1. The van der Waals surface area contributed by atoms with Crippen LogP contribution in [0.25, 0.3) is 0 Å². The number of thiophene rings is 1. The molecule has 2 rings (SSSR count). The summed E-state index contributed by atoms with van der Waals surface area (Å²) in [6, 6.07) is 2.59. The van der Waals surface area contributed by atoms with Crippen LogP contribution in [0.2, 0.25) is 5.02 Å². The summed E-state index contributed by atoms with van der Waals surface area (Å²) in [6.07, 6.45) is 0. The zero-order valence-corrected chi connectivity index (χ0v) is 9.87. The quantitative estimate of drug-likeness (QED) is 0.838. The molecule has 1 N–H and O–H groups in total. The molecule has 78 valence electrons. The fraction of sp³-hybridized carbons (Fsp3) is 0.600. The number of hydrogen-bond donors (Lipinski definition) is 1. The van der Waals surface area contributed by atoms with E-state index < -0.39 is 0 Å². The molecule has 0 bridgehead atoms. The summed E-state index contributed by atoms with van der Waals surface area (Å²) in [7, 11) is 0. The molecule has 14 heavy (non-hydrogen) atoms. The maximum atomic E-state index is 6.07. The van der Waals surface area contributed by atoms with Gasteiger partial charge in [-0.2, -0.15) is 0 Å². The van der Waals surface area contributed by atoms with Crippen LogP contribution >= 0.6 is 22.9 Å². The third kappa shape index (κ3) is 2.28. The summed E-state index contributed by atoms with van der Waals surface area (Å²) in [5.74, 6) is 0. The third-order valence-corrected chi connectivity index (χ3v) is 4.05. The number of piperazine rings is 1. The van der Waals surface area contributed by atoms with Gasteiger partial charge in [0.2, 0.25) is 0 Å². The van der Waals surface area contributed by atoms with Crippen LogP contribution in [0.4, 0.5) is 0 Å². The van der Waals surface area contributed by atoms with Crippen LogP contribution < -0.4 is 5.32 Å². The lowest BCUT2D eigenvalue weighted by atomic mass is 10.2. The van der Waals surface area contributed by atoms with Gasteiger partial charge in [-0.05, 0) is 18.4 Å². The molecule has 1 saturated heterocycles. The average Bonchev–Trinajstić information content (AvgIpc) is 2.56. The van der Waals surface area contributed by atoms with Crippen molar-refractivity contribution in [3.8, 4) is 0 Å². The zero-order valence-electron chi connectivity index (χ0n) is 8.29. The second kappa shape index (κ2) is 4.62. The molecule has 2 heterocycles. The summed E-state index contributed by atoms with van der Waals surface area (Å²) in [6.45, 7) is 6.55. The normalized spacial score (nSPS) is 24.0. The summed E-state index contributed by atoms with van der Waals surface area (Å²) in [5, 5.41) is 6.36. The van der Waals surface area contributed by atoms with Crippen molar-refractivity contribution in [1.82, 2.24) is 10.2 Å². The van der Waals surface area contributed by atoms with Crippen LogP contribution in [-0.4, -0.2) is 30.6 Å². The molecule has 0 spiro atoms. The van der Waals surface area contributed by atoms with Gasteiger partial charge in [-0.3, -0.25) is 4.90 Å². The van der Waals surface area contributed by atoms with E-state index in [1.807, 2.05) is 6.07 Å². The number of hydrogen-bond acceptors (Lipinski definition) is 3. The molecular formula is C10H15ClN2S. The molecule has 0 aromatic carbocycles. The van der Waals surface area contributed by atoms with Crippen molar-refractivity contribution >= 4 is 22.9 Å². The van der Waals surface area contributed by atoms with E-state index >= 15 is 0 Å². The molecule has 1 aliphatic rings. The lowest BCUT2D eigenvalue weighted by Gasteiger charge is -2.33. The SMILES string of the molecule is CC1CNCCN1Cc1sccc1Cl. The maximum Gasteiger partial charge on any atom is 0.0558 e. The Morgan fingerprint density at radius 1 is 1.71 bits per heavy atom. The molecule has 1 aromatic heterocycles. The van der Waals surface area contributed by atoms with Gasteiger partial charge in [0.15, 0.2) is 0 Å². The van der Waals surface area contributed by atoms with E-state index in [1.165, 1.54) is 4.88 Å². The van der Waals surface area contributed by atoms with Crippen LogP contribution in [0, 0.1) is 0 Å². The lowest BCUT2D eigenvalue weighted by Crippen LogP contribution is -2.49. The highest BCUT2D eigenvalue weighted by Gasteiger charge is 2.18. The van der Waals surface area contributed by atoms with Gasteiger partial charge < -0.3 is 5.32 Å². The monoisotopic (exact) mass is 230 g/mol. The Balaban J connectivity index is 1.99. The van der Waals surface area contributed by atoms with Gasteiger partial charge in [-0.15, -0.1) is 11.3 Å². The van der Waals surface area contributed by atoms with E-state index in [1.54, 1.807) is 11.3 Å². The first-order valence-corrected chi connectivity index (χ1v) is 6.20. The Labute approximate surface area is 93.9 Å². The highest BCUT2D eigenvalue weighted by atomic mass is 35.5. The number of rotatable bonds is 2. The highest BCUT2D eigenvalue weighted by molar-refractivity contribution is 7.10. The van der Waals surface area contributed by atoms with Gasteiger partial charge in [0, 0.05) is 37.1 Å². The number of nitrogens with zero attached hydrogens (tertiary/aromatic N) is 1. The van der Waals surface area contributed by atoms with Gasteiger partial charge in [-0.1, -0.05) is 11.6 Å². The van der Waals surface area contributed by atoms with Crippen molar-refractivity contribution in [3.63, 3.8) is 0 Å². The van der Waals surface area contributed by atoms with Crippen LogP contribution in [0.15, 0.2) is 11.4 Å². The Bertz CT molecular complexity index is 300. The standard InChI is InChI=1S/C10H15ClN2S/c1-8-6-12-3-4-13(8)7-10-9(11)2-5-14-10/h2,5,8,12H,3-4,6-7H2,1H3. The maximum absolute atomic E-state index is 6.07. The van der Waals surface area contributed by atoms with E-state index in [0.717, 1.165) is 31.2 Å². The molecule has 1 unspecified atom stereocenters. The van der Waals surface area contributed by atoms with Crippen molar-refractivity contribution in [2.24, 2.45) is 0 Å². The first-order valence-electron chi connectivity index (χ1n) is 4.94. The molecule has 0 amide bonds. The van der Waals surface area contributed by atoms with E-state index in [2.05, 4.69) is 22.5 Å². The summed E-state index contributed by atoms with van der Waals surface area (Å²) in [4.78, 5) is 3.77. The van der Waals surface area contributed by atoms with E-state index in [4.69, 9.17) is 11.6 Å². The molecule has 2 nitrogen and oxygen atoms in total. The summed E-state index contributed by atoms with van der Waals surface area (Å²) < 4.78 is 0. The minimum absolute atomic E-state index is 0.613. The van der Waals surface area contributed by atoms with Crippen molar-refractivity contribution in [2.45, 2.75) is 19.5 Å². The van der Waals surface area contributed by atoms with E-state index in [0.29, 0.717) is 6.04 Å². The third-order valence-electron chi connectivity index (χ3n) is 2.68. The van der Waals surface area contributed by atoms with Gasteiger partial charge in [0.05, 0.1) is 5.02 Å². The Morgan fingerprint density at radius 2 is 2.57 bits per heavy atom. The lowest BCUT2D eigenvalue weighted by molar-refractivity contribution is 0.167. The first kappa shape index (κ1) is 10.4. The molecule has 0 saturated carbocycles. The molecule has 1 atom stereocenters. The average molecular weight is 231 g/mol. The molecule has 1 fully saturated rings. The Kier molecular flexibility index (Phi) is 3.44. The molecule has 4 heteroatoms. The minimum atomic E-state index is 0.613. The Morgan fingerprint density at radius 3 is 3.21 bits per heavy atom. The first-order chi connectivity index (χ1) is 6.77. The second-order valence-electron chi connectivity index (χ2n) is 3.72.